The molecule has 0 bridgehead atoms. The number of hydrogen-bond acceptors (Lipinski definition) is 2. The molecule has 2 aromatic rings. The third kappa shape index (κ3) is 1.53. The molecule has 1 spiro atoms. The second-order valence-electron chi connectivity index (χ2n) is 8.23. The number of aromatic nitrogens is 1. The molecule has 1 N–H and O–H groups in total. The standard InChI is InChI=1S/C21H25N2O/c1-3-14-12-21-13-19(23(21,2)11-9-17(14)21)20(24)16-8-10-22-18-7-5-4-6-15(16)18/h3-8,10,14,17,19-20,24H,1,9,11-13H2,2H3/q+1. The monoisotopic (exact) mass is 321 g/mol. The molecule has 3 nitrogen and oxygen atoms in total. The maximum atomic E-state index is 11.2. The van der Waals surface area contributed by atoms with Crippen LogP contribution in [0.1, 0.15) is 30.9 Å². The van der Waals surface area contributed by atoms with Crippen LogP contribution in [0.15, 0.2) is 49.2 Å². The molecule has 1 aliphatic carbocycles. The van der Waals surface area contributed by atoms with E-state index < -0.39 is 6.10 Å². The molecular formula is C21H25N2O+. The van der Waals surface area contributed by atoms with Gasteiger partial charge in [0.15, 0.2) is 0 Å². The topological polar surface area (TPSA) is 33.1 Å². The van der Waals surface area contributed by atoms with E-state index in [-0.39, 0.29) is 0 Å². The molecule has 3 heterocycles. The Morgan fingerprint density at radius 3 is 3.00 bits per heavy atom. The molecule has 2 aliphatic heterocycles. The zero-order chi connectivity index (χ0) is 16.5. The van der Waals surface area contributed by atoms with Crippen molar-refractivity contribution >= 4 is 10.9 Å². The van der Waals surface area contributed by atoms with Gasteiger partial charge in [-0.1, -0.05) is 24.3 Å². The van der Waals surface area contributed by atoms with Gasteiger partial charge >= 0.3 is 0 Å². The van der Waals surface area contributed by atoms with Gasteiger partial charge in [0.2, 0.25) is 0 Å². The Morgan fingerprint density at radius 1 is 1.33 bits per heavy atom. The molecule has 0 radical (unpaired) electrons. The van der Waals surface area contributed by atoms with Crippen LogP contribution >= 0.6 is 0 Å². The van der Waals surface area contributed by atoms with Gasteiger partial charge in [-0.15, -0.1) is 6.58 Å². The van der Waals surface area contributed by atoms with Gasteiger partial charge in [-0.2, -0.15) is 0 Å². The van der Waals surface area contributed by atoms with Crippen LogP contribution in [0.3, 0.4) is 0 Å². The fraction of sp³-hybridized carbons (Fsp3) is 0.476. The van der Waals surface area contributed by atoms with E-state index in [4.69, 9.17) is 0 Å². The predicted molar refractivity (Wildman–Crippen MR) is 95.3 cm³/mol. The van der Waals surface area contributed by atoms with Crippen LogP contribution in [0, 0.1) is 11.8 Å². The Balaban J connectivity index is 1.49. The minimum Gasteiger partial charge on any atom is -0.382 e. The summed E-state index contributed by atoms with van der Waals surface area (Å²) >= 11 is 0. The molecule has 124 valence electrons. The molecule has 3 aliphatic rings. The van der Waals surface area contributed by atoms with Gasteiger partial charge in [-0.3, -0.25) is 4.98 Å². The van der Waals surface area contributed by atoms with Gasteiger partial charge < -0.3 is 9.59 Å². The van der Waals surface area contributed by atoms with Crippen LogP contribution < -0.4 is 0 Å². The average molecular weight is 321 g/mol. The Morgan fingerprint density at radius 2 is 2.17 bits per heavy atom. The van der Waals surface area contributed by atoms with E-state index in [1.54, 1.807) is 0 Å². The lowest BCUT2D eigenvalue weighted by atomic mass is 9.52. The van der Waals surface area contributed by atoms with Crippen molar-refractivity contribution in [1.29, 1.82) is 0 Å². The Bertz CT molecular complexity index is 828. The normalized spacial score (nSPS) is 41.0. The number of pyridine rings is 1. The van der Waals surface area contributed by atoms with E-state index in [1.807, 2.05) is 30.5 Å². The van der Waals surface area contributed by atoms with Gasteiger partial charge in [-0.25, -0.2) is 0 Å². The summed E-state index contributed by atoms with van der Waals surface area (Å²) in [5, 5.41) is 12.3. The molecule has 6 unspecified atom stereocenters. The zero-order valence-corrected chi connectivity index (χ0v) is 14.2. The molecule has 1 saturated carbocycles. The summed E-state index contributed by atoms with van der Waals surface area (Å²) in [4.78, 5) is 4.44. The van der Waals surface area contributed by atoms with Gasteiger partial charge in [0.1, 0.15) is 17.7 Å². The maximum absolute atomic E-state index is 11.2. The molecular weight excluding hydrogens is 296 g/mol. The second kappa shape index (κ2) is 4.68. The van der Waals surface area contributed by atoms with Crippen molar-refractivity contribution in [1.82, 2.24) is 4.98 Å². The summed E-state index contributed by atoms with van der Waals surface area (Å²) in [6, 6.07) is 10.5. The molecule has 2 saturated heterocycles. The number of benzene rings is 1. The summed E-state index contributed by atoms with van der Waals surface area (Å²) in [5.74, 6) is 1.49. The van der Waals surface area contributed by atoms with Crippen LogP contribution in [0.2, 0.25) is 0 Å². The fourth-order valence-electron chi connectivity index (χ4n) is 6.28. The number of aliphatic hydroxyl groups is 1. The molecule has 24 heavy (non-hydrogen) atoms. The van der Waals surface area contributed by atoms with Gasteiger partial charge in [0.05, 0.1) is 25.5 Å². The largest absolute Gasteiger partial charge is 0.382 e. The number of nitrogens with zero attached hydrogens (tertiary/aromatic N) is 2. The van der Waals surface area contributed by atoms with Crippen LogP contribution in [0.5, 0.6) is 0 Å². The van der Waals surface area contributed by atoms with E-state index in [0.717, 1.165) is 33.3 Å². The highest BCUT2D eigenvalue weighted by Crippen LogP contribution is 2.68. The van der Waals surface area contributed by atoms with Crippen molar-refractivity contribution in [2.75, 3.05) is 13.6 Å². The van der Waals surface area contributed by atoms with Crippen molar-refractivity contribution in [2.24, 2.45) is 11.8 Å². The number of para-hydroxylation sites is 1. The van der Waals surface area contributed by atoms with Gasteiger partial charge in [-0.05, 0) is 23.6 Å². The van der Waals surface area contributed by atoms with E-state index in [1.165, 1.54) is 19.4 Å². The van der Waals surface area contributed by atoms with E-state index in [2.05, 4.69) is 30.8 Å². The van der Waals surface area contributed by atoms with Gasteiger partial charge in [0, 0.05) is 30.3 Å². The van der Waals surface area contributed by atoms with Crippen LogP contribution in [0.4, 0.5) is 0 Å². The zero-order valence-electron chi connectivity index (χ0n) is 14.2. The minimum atomic E-state index is -0.407. The molecule has 0 amide bonds. The van der Waals surface area contributed by atoms with E-state index in [0.29, 0.717) is 17.5 Å². The number of fused-ring (bicyclic) bond motifs is 1. The van der Waals surface area contributed by atoms with Crippen molar-refractivity contribution in [3.8, 4) is 0 Å². The van der Waals surface area contributed by atoms with Crippen molar-refractivity contribution in [3.63, 3.8) is 0 Å². The summed E-state index contributed by atoms with van der Waals surface area (Å²) in [6.07, 6.45) is 7.28. The minimum absolute atomic E-state index is 0.312. The smallest absolute Gasteiger partial charge is 0.132 e. The highest BCUT2D eigenvalue weighted by Gasteiger charge is 2.77. The highest BCUT2D eigenvalue weighted by molar-refractivity contribution is 5.82. The lowest BCUT2D eigenvalue weighted by Crippen LogP contribution is -2.81. The predicted octanol–water partition coefficient (Wildman–Crippen LogP) is 3.45. The first-order valence-electron chi connectivity index (χ1n) is 9.10. The van der Waals surface area contributed by atoms with E-state index >= 15 is 0 Å². The fourth-order valence-corrected chi connectivity index (χ4v) is 6.28. The lowest BCUT2D eigenvalue weighted by Gasteiger charge is -2.69. The second-order valence-corrected chi connectivity index (χ2v) is 8.23. The van der Waals surface area contributed by atoms with Crippen molar-refractivity contribution in [3.05, 3.63) is 54.7 Å². The van der Waals surface area contributed by atoms with Gasteiger partial charge in [0.25, 0.3) is 0 Å². The molecule has 6 atom stereocenters. The number of hydrogen-bond donors (Lipinski definition) is 1. The number of likely N-dealkylation sites (N-methyl/N-ethyl adjacent to an activating group) is 1. The Labute approximate surface area is 143 Å². The Hall–Kier alpha value is -1.71. The molecule has 3 fully saturated rings. The average Bonchev–Trinajstić information content (AvgIpc) is 2.74. The molecule has 1 aromatic carbocycles. The quantitative estimate of drug-likeness (QED) is 0.694. The first kappa shape index (κ1) is 14.6. The molecule has 3 heteroatoms. The van der Waals surface area contributed by atoms with Crippen LogP contribution in [-0.2, 0) is 0 Å². The Kier molecular flexibility index (Phi) is 2.85. The summed E-state index contributed by atoms with van der Waals surface area (Å²) < 4.78 is 1.06. The summed E-state index contributed by atoms with van der Waals surface area (Å²) in [6.45, 7) is 5.21. The summed E-state index contributed by atoms with van der Waals surface area (Å²) in [5.41, 5.74) is 2.44. The third-order valence-electron chi connectivity index (χ3n) is 7.68. The highest BCUT2D eigenvalue weighted by atomic mass is 16.3. The number of aliphatic hydroxyl groups excluding tert-OH is 1. The van der Waals surface area contributed by atoms with E-state index in [9.17, 15) is 5.11 Å². The number of allylic oxidation sites excluding steroid dienone is 1. The molecule has 1 aromatic heterocycles. The van der Waals surface area contributed by atoms with Crippen molar-refractivity contribution in [2.45, 2.75) is 36.9 Å². The SMILES string of the molecule is C=CC1CC23CC(C(O)c4ccnc5ccccc45)[N+]2(C)CCC13. The first-order valence-corrected chi connectivity index (χ1v) is 9.10. The van der Waals surface area contributed by atoms with Crippen LogP contribution in [-0.4, -0.2) is 39.7 Å². The summed E-state index contributed by atoms with van der Waals surface area (Å²) in [7, 11) is 2.38. The van der Waals surface area contributed by atoms with Crippen LogP contribution in [0.25, 0.3) is 10.9 Å². The first-order chi connectivity index (χ1) is 11.6. The number of rotatable bonds is 3. The lowest BCUT2D eigenvalue weighted by molar-refractivity contribution is -1.03. The maximum Gasteiger partial charge on any atom is 0.132 e. The molecule has 5 rings (SSSR count). The number of quaternary nitrogens is 1. The third-order valence-corrected chi connectivity index (χ3v) is 7.68. The van der Waals surface area contributed by atoms with Crippen molar-refractivity contribution < 1.29 is 9.59 Å².